The molecule has 146 valence electrons. The number of cyclic esters (lactones) is 1. The second-order valence-electron chi connectivity index (χ2n) is 7.26. The summed E-state index contributed by atoms with van der Waals surface area (Å²) in [6.07, 6.45) is 0.0708. The number of carbonyl (C=O) groups excluding carboxylic acids is 2. The van der Waals surface area contributed by atoms with Gasteiger partial charge in [0.15, 0.2) is 0 Å². The van der Waals surface area contributed by atoms with E-state index in [4.69, 9.17) is 14.3 Å². The van der Waals surface area contributed by atoms with Gasteiger partial charge in [-0.1, -0.05) is 0 Å². The molecule has 1 amide bonds. The first-order valence-electron chi connectivity index (χ1n) is 8.57. The number of hydrogen-bond acceptors (Lipinski definition) is 6. The summed E-state index contributed by atoms with van der Waals surface area (Å²) in [5.74, 6) is -0.293. The second-order valence-corrected chi connectivity index (χ2v) is 8.83. The first kappa shape index (κ1) is 18.5. The van der Waals surface area contributed by atoms with Gasteiger partial charge in [0, 0.05) is 12.0 Å². The van der Waals surface area contributed by atoms with Gasteiger partial charge in [-0.2, -0.15) is 0 Å². The van der Waals surface area contributed by atoms with E-state index < -0.39 is 27.5 Å². The number of nitrogens with two attached hydrogens (primary N) is 1. The molecular formula is C19H18N2O6S. The normalized spacial score (nSPS) is 21.3. The van der Waals surface area contributed by atoms with Crippen LogP contribution in [0.4, 0.5) is 0 Å². The SMILES string of the molecule is CC1(C)OC(=O)C2=C1NC(=O)CC2c1ccc(-c2ccc(S(N)(=O)=O)cc2)o1. The van der Waals surface area contributed by atoms with Gasteiger partial charge < -0.3 is 14.5 Å². The number of benzene rings is 1. The van der Waals surface area contributed by atoms with Crippen molar-refractivity contribution in [1.29, 1.82) is 0 Å². The third-order valence-corrected chi connectivity index (χ3v) is 5.81. The lowest BCUT2D eigenvalue weighted by molar-refractivity contribution is -0.144. The summed E-state index contributed by atoms with van der Waals surface area (Å²) in [7, 11) is -3.78. The Bertz CT molecular complexity index is 1130. The maximum Gasteiger partial charge on any atom is 0.337 e. The van der Waals surface area contributed by atoms with Crippen molar-refractivity contribution in [3.8, 4) is 11.3 Å². The Balaban J connectivity index is 1.70. The summed E-state index contributed by atoms with van der Waals surface area (Å²) in [4.78, 5) is 24.5. The number of carbonyl (C=O) groups is 2. The Morgan fingerprint density at radius 1 is 1.11 bits per heavy atom. The Kier molecular flexibility index (Phi) is 3.98. The number of primary sulfonamides is 1. The van der Waals surface area contributed by atoms with E-state index in [2.05, 4.69) is 5.32 Å². The number of amides is 1. The van der Waals surface area contributed by atoms with Crippen molar-refractivity contribution in [2.45, 2.75) is 36.7 Å². The highest BCUT2D eigenvalue weighted by molar-refractivity contribution is 7.89. The average Bonchev–Trinajstić information content (AvgIpc) is 3.17. The van der Waals surface area contributed by atoms with Gasteiger partial charge in [-0.05, 0) is 50.2 Å². The number of esters is 1. The molecule has 0 spiro atoms. The average molecular weight is 402 g/mol. The van der Waals surface area contributed by atoms with Crippen LogP contribution in [0.15, 0.2) is 57.0 Å². The first-order valence-corrected chi connectivity index (χ1v) is 10.1. The van der Waals surface area contributed by atoms with Gasteiger partial charge in [-0.3, -0.25) is 4.79 Å². The van der Waals surface area contributed by atoms with Gasteiger partial charge in [0.25, 0.3) is 0 Å². The lowest BCUT2D eigenvalue weighted by Gasteiger charge is -2.26. The molecule has 1 aromatic carbocycles. The predicted octanol–water partition coefficient (Wildman–Crippen LogP) is 1.79. The second kappa shape index (κ2) is 6.05. The van der Waals surface area contributed by atoms with Crippen LogP contribution in [0.3, 0.4) is 0 Å². The molecule has 3 N–H and O–H groups in total. The molecule has 0 aliphatic carbocycles. The zero-order chi connectivity index (χ0) is 20.3. The molecule has 2 aliphatic heterocycles. The summed E-state index contributed by atoms with van der Waals surface area (Å²) in [5, 5.41) is 7.85. The smallest absolute Gasteiger partial charge is 0.337 e. The molecule has 0 saturated heterocycles. The van der Waals surface area contributed by atoms with Crippen molar-refractivity contribution in [1.82, 2.24) is 5.32 Å². The number of rotatable bonds is 3. The van der Waals surface area contributed by atoms with Gasteiger partial charge in [0.2, 0.25) is 15.9 Å². The number of nitrogens with one attached hydrogen (secondary N) is 1. The first-order chi connectivity index (χ1) is 13.1. The van der Waals surface area contributed by atoms with Crippen LogP contribution in [-0.2, 0) is 24.3 Å². The van der Waals surface area contributed by atoms with Crippen molar-refractivity contribution >= 4 is 21.9 Å². The number of furan rings is 1. The number of sulfonamides is 1. The zero-order valence-electron chi connectivity index (χ0n) is 15.2. The Morgan fingerprint density at radius 3 is 2.43 bits per heavy atom. The summed E-state index contributed by atoms with van der Waals surface area (Å²) in [6, 6.07) is 9.34. The lowest BCUT2D eigenvalue weighted by Crippen LogP contribution is -2.38. The van der Waals surface area contributed by atoms with E-state index in [1.807, 2.05) is 0 Å². The van der Waals surface area contributed by atoms with Crippen LogP contribution in [0, 0.1) is 0 Å². The third kappa shape index (κ3) is 3.02. The van der Waals surface area contributed by atoms with Gasteiger partial charge in [-0.25, -0.2) is 18.4 Å². The van der Waals surface area contributed by atoms with Crippen LogP contribution >= 0.6 is 0 Å². The predicted molar refractivity (Wildman–Crippen MR) is 98.2 cm³/mol. The molecule has 2 aromatic rings. The highest BCUT2D eigenvalue weighted by atomic mass is 32.2. The summed E-state index contributed by atoms with van der Waals surface area (Å²) < 4.78 is 34.1. The molecule has 0 saturated carbocycles. The summed E-state index contributed by atoms with van der Waals surface area (Å²) in [6.45, 7) is 3.44. The minimum Gasteiger partial charge on any atom is -0.460 e. The van der Waals surface area contributed by atoms with Crippen molar-refractivity contribution in [3.05, 3.63) is 53.4 Å². The van der Waals surface area contributed by atoms with Gasteiger partial charge in [-0.15, -0.1) is 0 Å². The molecule has 3 heterocycles. The lowest BCUT2D eigenvalue weighted by atomic mass is 9.86. The van der Waals surface area contributed by atoms with E-state index in [1.165, 1.54) is 12.1 Å². The molecule has 1 aromatic heterocycles. The minimum atomic E-state index is -3.78. The van der Waals surface area contributed by atoms with Crippen molar-refractivity contribution in [2.24, 2.45) is 5.14 Å². The molecule has 0 fully saturated rings. The molecule has 1 unspecified atom stereocenters. The molecule has 0 radical (unpaired) electrons. The van der Waals surface area contributed by atoms with Crippen LogP contribution in [0.2, 0.25) is 0 Å². The largest absolute Gasteiger partial charge is 0.460 e. The van der Waals surface area contributed by atoms with E-state index in [0.717, 1.165) is 0 Å². The standard InChI is InChI=1S/C19H18N2O6S/c1-19(2)17-16(18(23)27-19)12(9-15(22)21-17)14-8-7-13(26-14)10-3-5-11(6-4-10)28(20,24)25/h3-8,12H,9H2,1-2H3,(H,21,22)(H2,20,24,25). The van der Waals surface area contributed by atoms with E-state index in [9.17, 15) is 18.0 Å². The fourth-order valence-corrected chi connectivity index (χ4v) is 4.04. The van der Waals surface area contributed by atoms with Crippen LogP contribution < -0.4 is 10.5 Å². The maximum atomic E-state index is 12.4. The molecule has 1 atom stereocenters. The minimum absolute atomic E-state index is 0.00212. The van der Waals surface area contributed by atoms with E-state index in [-0.39, 0.29) is 17.2 Å². The van der Waals surface area contributed by atoms with Crippen molar-refractivity contribution in [2.75, 3.05) is 0 Å². The Labute approximate surface area is 161 Å². The van der Waals surface area contributed by atoms with Crippen molar-refractivity contribution in [3.63, 3.8) is 0 Å². The van der Waals surface area contributed by atoms with E-state index in [1.54, 1.807) is 38.1 Å². The molecule has 4 rings (SSSR count). The van der Waals surface area contributed by atoms with Crippen LogP contribution in [-0.4, -0.2) is 25.9 Å². The Morgan fingerprint density at radius 2 is 1.79 bits per heavy atom. The highest BCUT2D eigenvalue weighted by Gasteiger charge is 2.48. The van der Waals surface area contributed by atoms with Crippen LogP contribution in [0.5, 0.6) is 0 Å². The third-order valence-electron chi connectivity index (χ3n) is 4.88. The van der Waals surface area contributed by atoms with Crippen molar-refractivity contribution < 1.29 is 27.2 Å². The topological polar surface area (TPSA) is 129 Å². The molecular weight excluding hydrogens is 384 g/mol. The molecule has 9 heteroatoms. The molecule has 8 nitrogen and oxygen atoms in total. The quantitative estimate of drug-likeness (QED) is 0.753. The fourth-order valence-electron chi connectivity index (χ4n) is 3.52. The van der Waals surface area contributed by atoms with Gasteiger partial charge in [0.1, 0.15) is 17.1 Å². The van der Waals surface area contributed by atoms with Gasteiger partial charge >= 0.3 is 5.97 Å². The number of hydrogen-bond donors (Lipinski definition) is 2. The van der Waals surface area contributed by atoms with E-state index >= 15 is 0 Å². The summed E-state index contributed by atoms with van der Waals surface area (Å²) in [5.41, 5.74) is 0.603. The molecule has 2 aliphatic rings. The van der Waals surface area contributed by atoms with Crippen LogP contribution in [0.1, 0.15) is 31.9 Å². The van der Waals surface area contributed by atoms with Crippen LogP contribution in [0.25, 0.3) is 11.3 Å². The fraction of sp³-hybridized carbons (Fsp3) is 0.263. The van der Waals surface area contributed by atoms with Gasteiger partial charge in [0.05, 0.1) is 22.1 Å². The summed E-state index contributed by atoms with van der Waals surface area (Å²) >= 11 is 0. The zero-order valence-corrected chi connectivity index (χ0v) is 16.0. The van der Waals surface area contributed by atoms with E-state index in [0.29, 0.717) is 28.4 Å². The monoisotopic (exact) mass is 402 g/mol. The molecule has 0 bridgehead atoms. The maximum absolute atomic E-state index is 12.4. The Hall–Kier alpha value is -2.91. The highest BCUT2D eigenvalue weighted by Crippen LogP contribution is 2.43. The molecule has 28 heavy (non-hydrogen) atoms. The number of ether oxygens (including phenoxy) is 1.